The fourth-order valence-electron chi connectivity index (χ4n) is 2.16. The molecule has 0 bridgehead atoms. The number of para-hydroxylation sites is 1. The van der Waals surface area contributed by atoms with Crippen LogP contribution in [0, 0.1) is 0 Å². The first-order valence-electron chi connectivity index (χ1n) is 7.84. The predicted molar refractivity (Wildman–Crippen MR) is 95.0 cm³/mol. The summed E-state index contributed by atoms with van der Waals surface area (Å²) in [6.45, 7) is 1.34. The van der Waals surface area contributed by atoms with Gasteiger partial charge in [0.2, 0.25) is 0 Å². The van der Waals surface area contributed by atoms with E-state index < -0.39 is 9.84 Å². The molecule has 1 aromatic carbocycles. The zero-order valence-corrected chi connectivity index (χ0v) is 14.8. The standard InChI is InChI=1S/C17H22N2O5S/c1-25(21,22)13-14-6-2-3-8-16(14)19-17(20)18-9-5-10-23-12-15-7-4-11-24-15/h2-4,6-8,11H,5,9-10,12-13H2,1H3,(H2,18,19,20). The third-order valence-electron chi connectivity index (χ3n) is 3.26. The first-order chi connectivity index (χ1) is 11.9. The fraction of sp³-hybridized carbons (Fsp3) is 0.353. The molecule has 8 heteroatoms. The van der Waals surface area contributed by atoms with Crippen molar-refractivity contribution in [3.05, 3.63) is 54.0 Å². The van der Waals surface area contributed by atoms with Crippen LogP contribution in [0.15, 0.2) is 47.1 Å². The maximum atomic E-state index is 11.9. The van der Waals surface area contributed by atoms with Crippen molar-refractivity contribution in [2.45, 2.75) is 18.8 Å². The lowest BCUT2D eigenvalue weighted by molar-refractivity contribution is 0.104. The molecule has 0 atom stereocenters. The second kappa shape index (κ2) is 9.24. The highest BCUT2D eigenvalue weighted by Gasteiger charge is 2.10. The summed E-state index contributed by atoms with van der Waals surface area (Å²) in [5.74, 6) is 0.637. The number of carbonyl (C=O) groups is 1. The molecule has 0 spiro atoms. The van der Waals surface area contributed by atoms with Gasteiger partial charge in [0.05, 0.1) is 12.0 Å². The molecule has 2 amide bonds. The van der Waals surface area contributed by atoms with Crippen LogP contribution in [0.1, 0.15) is 17.7 Å². The van der Waals surface area contributed by atoms with E-state index in [9.17, 15) is 13.2 Å². The van der Waals surface area contributed by atoms with Crippen LogP contribution in [-0.4, -0.2) is 33.9 Å². The monoisotopic (exact) mass is 366 g/mol. The van der Waals surface area contributed by atoms with Gasteiger partial charge in [-0.05, 0) is 30.2 Å². The fourth-order valence-corrected chi connectivity index (χ4v) is 2.98. The summed E-state index contributed by atoms with van der Waals surface area (Å²) in [6, 6.07) is 10.1. The first-order valence-corrected chi connectivity index (χ1v) is 9.91. The zero-order valence-electron chi connectivity index (χ0n) is 14.0. The average molecular weight is 366 g/mol. The number of furan rings is 1. The normalized spacial score (nSPS) is 11.2. The number of ether oxygens (including phenoxy) is 1. The molecule has 1 heterocycles. The van der Waals surface area contributed by atoms with Gasteiger partial charge in [-0.25, -0.2) is 13.2 Å². The number of urea groups is 1. The Bertz CT molecular complexity index is 772. The number of sulfone groups is 1. The third kappa shape index (κ3) is 7.40. The number of carbonyl (C=O) groups excluding carboxylic acids is 1. The van der Waals surface area contributed by atoms with Crippen LogP contribution in [0.4, 0.5) is 10.5 Å². The number of hydrogen-bond acceptors (Lipinski definition) is 5. The lowest BCUT2D eigenvalue weighted by Gasteiger charge is -2.11. The highest BCUT2D eigenvalue weighted by atomic mass is 32.2. The van der Waals surface area contributed by atoms with Crippen LogP contribution >= 0.6 is 0 Å². The molecule has 2 aromatic rings. The summed E-state index contributed by atoms with van der Waals surface area (Å²) in [4.78, 5) is 11.9. The molecule has 7 nitrogen and oxygen atoms in total. The van der Waals surface area contributed by atoms with E-state index in [2.05, 4.69) is 10.6 Å². The molecule has 0 unspecified atom stereocenters. The summed E-state index contributed by atoms with van der Waals surface area (Å²) >= 11 is 0. The predicted octanol–water partition coefficient (Wildman–Crippen LogP) is 2.55. The van der Waals surface area contributed by atoms with Gasteiger partial charge >= 0.3 is 6.03 Å². The molecular formula is C17H22N2O5S. The number of nitrogens with one attached hydrogen (secondary N) is 2. The number of rotatable bonds is 9. The van der Waals surface area contributed by atoms with E-state index in [4.69, 9.17) is 9.15 Å². The minimum absolute atomic E-state index is 0.121. The molecule has 2 N–H and O–H groups in total. The van der Waals surface area contributed by atoms with Crippen LogP contribution in [0.3, 0.4) is 0 Å². The van der Waals surface area contributed by atoms with Gasteiger partial charge in [-0.3, -0.25) is 0 Å². The molecule has 25 heavy (non-hydrogen) atoms. The quantitative estimate of drug-likeness (QED) is 0.665. The summed E-state index contributed by atoms with van der Waals surface area (Å²) in [7, 11) is -3.18. The highest BCUT2D eigenvalue weighted by molar-refractivity contribution is 7.89. The summed E-state index contributed by atoms with van der Waals surface area (Å²) in [5.41, 5.74) is 1.04. The van der Waals surface area contributed by atoms with E-state index in [0.717, 1.165) is 12.0 Å². The van der Waals surface area contributed by atoms with Crippen LogP contribution < -0.4 is 10.6 Å². The van der Waals surface area contributed by atoms with Crippen molar-refractivity contribution in [3.63, 3.8) is 0 Å². The van der Waals surface area contributed by atoms with Gasteiger partial charge in [-0.2, -0.15) is 0 Å². The van der Waals surface area contributed by atoms with Gasteiger partial charge in [-0.1, -0.05) is 18.2 Å². The molecule has 1 aromatic heterocycles. The second-order valence-electron chi connectivity index (χ2n) is 5.59. The van der Waals surface area contributed by atoms with Crippen molar-refractivity contribution >= 4 is 21.6 Å². The van der Waals surface area contributed by atoms with Crippen molar-refractivity contribution in [2.75, 3.05) is 24.7 Å². The van der Waals surface area contributed by atoms with Crippen LogP contribution in [0.25, 0.3) is 0 Å². The zero-order chi connectivity index (χ0) is 18.1. The molecule has 136 valence electrons. The first kappa shape index (κ1) is 19.0. The van der Waals surface area contributed by atoms with E-state index >= 15 is 0 Å². The van der Waals surface area contributed by atoms with Gasteiger partial charge in [0.15, 0.2) is 9.84 Å². The molecule has 2 rings (SSSR count). The molecule has 0 aliphatic carbocycles. The molecule has 0 fully saturated rings. The molecule has 0 saturated carbocycles. The lowest BCUT2D eigenvalue weighted by Crippen LogP contribution is -2.30. The number of hydrogen-bond donors (Lipinski definition) is 2. The van der Waals surface area contributed by atoms with Crippen molar-refractivity contribution in [3.8, 4) is 0 Å². The van der Waals surface area contributed by atoms with E-state index in [0.29, 0.717) is 37.4 Å². The van der Waals surface area contributed by atoms with Gasteiger partial charge in [0.25, 0.3) is 0 Å². The van der Waals surface area contributed by atoms with Gasteiger partial charge in [0, 0.05) is 25.1 Å². The topological polar surface area (TPSA) is 97.6 Å². The lowest BCUT2D eigenvalue weighted by atomic mass is 10.2. The Labute approximate surface area is 147 Å². The van der Waals surface area contributed by atoms with Crippen molar-refractivity contribution in [1.29, 1.82) is 0 Å². The second-order valence-corrected chi connectivity index (χ2v) is 7.73. The Kier molecular flexibility index (Phi) is 7.03. The Morgan fingerprint density at radius 2 is 2.00 bits per heavy atom. The molecular weight excluding hydrogens is 344 g/mol. The van der Waals surface area contributed by atoms with Crippen LogP contribution in [0.2, 0.25) is 0 Å². The van der Waals surface area contributed by atoms with E-state index in [1.165, 1.54) is 0 Å². The van der Waals surface area contributed by atoms with E-state index in [1.807, 2.05) is 6.07 Å². The van der Waals surface area contributed by atoms with E-state index in [1.54, 1.807) is 36.6 Å². The molecule has 0 saturated heterocycles. The number of benzene rings is 1. The van der Waals surface area contributed by atoms with E-state index in [-0.39, 0.29) is 11.8 Å². The Hall–Kier alpha value is -2.32. The maximum absolute atomic E-state index is 11.9. The minimum Gasteiger partial charge on any atom is -0.467 e. The Morgan fingerprint density at radius 1 is 1.20 bits per heavy atom. The minimum atomic E-state index is -3.18. The Balaban J connectivity index is 1.70. The van der Waals surface area contributed by atoms with Crippen LogP contribution in [0.5, 0.6) is 0 Å². The largest absolute Gasteiger partial charge is 0.467 e. The average Bonchev–Trinajstić information content (AvgIpc) is 3.04. The summed E-state index contributed by atoms with van der Waals surface area (Å²) < 4.78 is 33.5. The van der Waals surface area contributed by atoms with Gasteiger partial charge < -0.3 is 19.8 Å². The van der Waals surface area contributed by atoms with Crippen molar-refractivity contribution in [2.24, 2.45) is 0 Å². The molecule has 0 aliphatic rings. The summed E-state index contributed by atoms with van der Waals surface area (Å²) in [6.07, 6.45) is 3.40. The number of amides is 2. The molecule has 0 radical (unpaired) electrons. The number of anilines is 1. The van der Waals surface area contributed by atoms with Crippen LogP contribution in [-0.2, 0) is 26.9 Å². The Morgan fingerprint density at radius 3 is 2.72 bits per heavy atom. The van der Waals surface area contributed by atoms with Crippen molar-refractivity contribution in [1.82, 2.24) is 5.32 Å². The van der Waals surface area contributed by atoms with Gasteiger partial charge in [0.1, 0.15) is 12.4 Å². The van der Waals surface area contributed by atoms with Crippen molar-refractivity contribution < 1.29 is 22.4 Å². The SMILES string of the molecule is CS(=O)(=O)Cc1ccccc1NC(=O)NCCCOCc1ccco1. The maximum Gasteiger partial charge on any atom is 0.319 e. The highest BCUT2D eigenvalue weighted by Crippen LogP contribution is 2.17. The third-order valence-corrected chi connectivity index (χ3v) is 4.09. The van der Waals surface area contributed by atoms with Gasteiger partial charge in [-0.15, -0.1) is 0 Å². The molecule has 0 aliphatic heterocycles. The summed E-state index contributed by atoms with van der Waals surface area (Å²) in [5, 5.41) is 5.39. The smallest absolute Gasteiger partial charge is 0.319 e.